The zero-order valence-corrected chi connectivity index (χ0v) is 12.1. The van der Waals surface area contributed by atoms with Crippen molar-refractivity contribution in [1.29, 1.82) is 0 Å². The molecule has 0 fully saturated rings. The summed E-state index contributed by atoms with van der Waals surface area (Å²) in [5.41, 5.74) is 0. The van der Waals surface area contributed by atoms with E-state index >= 15 is 0 Å². The Bertz CT molecular complexity index is 304. The molecule has 0 rings (SSSR count). The first-order valence-electron chi connectivity index (χ1n) is 4.28. The van der Waals surface area contributed by atoms with Gasteiger partial charge in [-0.3, -0.25) is 13.6 Å². The predicted molar refractivity (Wildman–Crippen MR) is 70.4 cm³/mol. The minimum Gasteiger partial charge on any atom is -0.281 e. The molecule has 0 bridgehead atoms. The third kappa shape index (κ3) is 9.86. The smallest absolute Gasteiger partial charge is 0.281 e. The van der Waals surface area contributed by atoms with Gasteiger partial charge < -0.3 is 0 Å². The molecular weight excluding hydrogens is 309 g/mol. The van der Waals surface area contributed by atoms with Crippen LogP contribution in [0.5, 0.6) is 0 Å². The highest BCUT2D eigenvalue weighted by Gasteiger charge is 2.27. The summed E-state index contributed by atoms with van der Waals surface area (Å²) in [6, 6.07) is 0. The molecule has 0 aromatic heterocycles. The summed E-state index contributed by atoms with van der Waals surface area (Å²) in [5.74, 6) is 0. The quantitative estimate of drug-likeness (QED) is 0.590. The van der Waals surface area contributed by atoms with Crippen LogP contribution in [-0.4, -0.2) is 19.8 Å². The average molecular weight is 322 g/mol. The average Bonchev–Trinajstić information content (AvgIpc) is 2.21. The lowest BCUT2D eigenvalue weighted by Crippen LogP contribution is -2.03. The molecule has 0 aliphatic carbocycles. The molecule has 0 heterocycles. The number of halogens is 3. The van der Waals surface area contributed by atoms with Gasteiger partial charge in [0.15, 0.2) is 0 Å². The molecule has 0 aromatic rings. The van der Waals surface area contributed by atoms with Gasteiger partial charge in [0, 0.05) is 15.1 Å². The van der Waals surface area contributed by atoms with Crippen molar-refractivity contribution in [2.75, 3.05) is 19.8 Å². The first-order valence-corrected chi connectivity index (χ1v) is 6.88. The minimum atomic E-state index is -3.82. The van der Waals surface area contributed by atoms with Crippen LogP contribution < -0.4 is 0 Å². The van der Waals surface area contributed by atoms with E-state index in [2.05, 4.69) is 19.7 Å². The molecule has 4 nitrogen and oxygen atoms in total. The van der Waals surface area contributed by atoms with E-state index in [1.165, 1.54) is 0 Å². The van der Waals surface area contributed by atoms with E-state index in [1.807, 2.05) is 0 Å². The van der Waals surface area contributed by atoms with Crippen molar-refractivity contribution in [1.82, 2.24) is 0 Å². The van der Waals surface area contributed by atoms with Crippen molar-refractivity contribution >= 4 is 42.6 Å². The lowest BCUT2D eigenvalue weighted by Gasteiger charge is -2.17. The topological polar surface area (TPSA) is 44.8 Å². The van der Waals surface area contributed by atoms with E-state index in [9.17, 15) is 4.57 Å². The van der Waals surface area contributed by atoms with Crippen LogP contribution in [0.4, 0.5) is 0 Å². The van der Waals surface area contributed by atoms with Crippen LogP contribution in [0.3, 0.4) is 0 Å². The summed E-state index contributed by atoms with van der Waals surface area (Å²) in [5, 5.41) is 0.436. The highest BCUT2D eigenvalue weighted by Crippen LogP contribution is 2.50. The van der Waals surface area contributed by atoms with Crippen LogP contribution in [0.15, 0.2) is 34.8 Å². The molecule has 0 N–H and O–H groups in total. The van der Waals surface area contributed by atoms with Crippen LogP contribution in [-0.2, 0) is 18.1 Å². The maximum Gasteiger partial charge on any atom is 0.475 e. The van der Waals surface area contributed by atoms with Crippen molar-refractivity contribution in [2.24, 2.45) is 0 Å². The second kappa shape index (κ2) is 8.33. The van der Waals surface area contributed by atoms with Gasteiger partial charge in [-0.25, -0.2) is 4.57 Å². The van der Waals surface area contributed by atoms with Crippen LogP contribution in [0.1, 0.15) is 0 Å². The molecule has 0 aliphatic heterocycles. The number of rotatable bonds is 9. The molecule has 0 aliphatic rings. The van der Waals surface area contributed by atoms with Gasteiger partial charge in [-0.05, 0) is 0 Å². The van der Waals surface area contributed by atoms with Crippen molar-refractivity contribution < 1.29 is 18.1 Å². The van der Waals surface area contributed by atoms with E-state index in [-0.39, 0.29) is 34.9 Å². The van der Waals surface area contributed by atoms with Crippen molar-refractivity contribution in [2.45, 2.75) is 0 Å². The largest absolute Gasteiger partial charge is 0.475 e. The normalized spacial score (nSPS) is 11.2. The van der Waals surface area contributed by atoms with Crippen LogP contribution >= 0.6 is 42.6 Å². The summed E-state index contributed by atoms with van der Waals surface area (Å²) in [7, 11) is -3.82. The van der Waals surface area contributed by atoms with Gasteiger partial charge in [0.2, 0.25) is 0 Å². The number of hydrogen-bond acceptors (Lipinski definition) is 4. The van der Waals surface area contributed by atoms with E-state index < -0.39 is 7.82 Å². The van der Waals surface area contributed by atoms with Gasteiger partial charge in [-0.15, -0.1) is 0 Å². The second-order valence-electron chi connectivity index (χ2n) is 2.82. The summed E-state index contributed by atoms with van der Waals surface area (Å²) in [6.45, 7) is 9.53. The Morgan fingerprint density at radius 1 is 0.824 bits per heavy atom. The maximum absolute atomic E-state index is 12.0. The fraction of sp³-hybridized carbons (Fsp3) is 0.333. The van der Waals surface area contributed by atoms with Gasteiger partial charge in [0.25, 0.3) is 0 Å². The molecule has 0 amide bonds. The molecule has 0 aromatic carbocycles. The van der Waals surface area contributed by atoms with Crippen LogP contribution in [0, 0.1) is 0 Å². The zero-order chi connectivity index (χ0) is 13.5. The maximum atomic E-state index is 12.0. The predicted octanol–water partition coefficient (Wildman–Crippen LogP) is 4.40. The molecule has 98 valence electrons. The molecule has 8 heteroatoms. The van der Waals surface area contributed by atoms with Gasteiger partial charge in [-0.1, -0.05) is 54.5 Å². The summed E-state index contributed by atoms with van der Waals surface area (Å²) >= 11 is 16.4. The third-order valence-corrected chi connectivity index (χ3v) is 2.80. The molecule has 0 unspecified atom stereocenters. The number of phosphoric ester groups is 1. The Balaban J connectivity index is 4.44. The number of phosphoric acid groups is 1. The molecule has 0 atom stereocenters. The highest BCUT2D eigenvalue weighted by molar-refractivity contribution is 7.48. The molecule has 17 heavy (non-hydrogen) atoms. The third-order valence-electron chi connectivity index (χ3n) is 1.14. The van der Waals surface area contributed by atoms with Crippen molar-refractivity contribution in [3.8, 4) is 0 Å². The van der Waals surface area contributed by atoms with Crippen LogP contribution in [0.25, 0.3) is 0 Å². The standard InChI is InChI=1S/C9H12Cl3O4P/c1-7(10)4-14-17(13,15-5-8(2)11)16-6-9(3)12/h1-6H2. The lowest BCUT2D eigenvalue weighted by molar-refractivity contribution is 0.139. The van der Waals surface area contributed by atoms with E-state index in [4.69, 9.17) is 48.4 Å². The fourth-order valence-corrected chi connectivity index (χ4v) is 2.12. The molecule has 0 radical (unpaired) electrons. The summed E-state index contributed by atoms with van der Waals surface area (Å²) < 4.78 is 26.6. The molecule has 0 spiro atoms. The Kier molecular flexibility index (Phi) is 8.43. The molecule has 0 saturated heterocycles. The van der Waals surface area contributed by atoms with Gasteiger partial charge in [0.05, 0.1) is 19.8 Å². The van der Waals surface area contributed by atoms with E-state index in [0.29, 0.717) is 0 Å². The SMILES string of the molecule is C=C(Cl)COP(=O)(OCC(=C)Cl)OCC(=C)Cl. The summed E-state index contributed by atoms with van der Waals surface area (Å²) in [4.78, 5) is 0. The Morgan fingerprint density at radius 2 is 1.06 bits per heavy atom. The van der Waals surface area contributed by atoms with E-state index in [1.54, 1.807) is 0 Å². The Morgan fingerprint density at radius 3 is 1.24 bits per heavy atom. The first-order chi connectivity index (χ1) is 7.75. The summed E-state index contributed by atoms with van der Waals surface area (Å²) in [6.07, 6.45) is 0. The van der Waals surface area contributed by atoms with Crippen LogP contribution in [0.2, 0.25) is 0 Å². The van der Waals surface area contributed by atoms with Crippen molar-refractivity contribution in [3.63, 3.8) is 0 Å². The molecular formula is C9H12Cl3O4P. The van der Waals surface area contributed by atoms with Gasteiger partial charge in [0.1, 0.15) is 0 Å². The lowest BCUT2D eigenvalue weighted by atomic mass is 10.7. The minimum absolute atomic E-state index is 0.145. The van der Waals surface area contributed by atoms with Gasteiger partial charge in [-0.2, -0.15) is 0 Å². The second-order valence-corrected chi connectivity index (χ2v) is 6.09. The number of hydrogen-bond donors (Lipinski definition) is 0. The van der Waals surface area contributed by atoms with Gasteiger partial charge >= 0.3 is 7.82 Å². The first kappa shape index (κ1) is 17.2. The zero-order valence-electron chi connectivity index (χ0n) is 8.96. The Hall–Kier alpha value is 0.200. The Labute approximate surface area is 115 Å². The fourth-order valence-electron chi connectivity index (χ4n) is 0.559. The van der Waals surface area contributed by atoms with E-state index in [0.717, 1.165) is 0 Å². The highest BCUT2D eigenvalue weighted by atomic mass is 35.5. The monoisotopic (exact) mass is 320 g/mol. The molecule has 0 saturated carbocycles. The van der Waals surface area contributed by atoms with Crippen molar-refractivity contribution in [3.05, 3.63) is 34.8 Å².